The lowest BCUT2D eigenvalue weighted by Gasteiger charge is -2.11. The van der Waals surface area contributed by atoms with Crippen LogP contribution in [0.3, 0.4) is 0 Å². The van der Waals surface area contributed by atoms with Crippen molar-refractivity contribution in [2.75, 3.05) is 7.05 Å². The zero-order valence-corrected chi connectivity index (χ0v) is 16.2. The smallest absolute Gasteiger partial charge is 0.416 e. The summed E-state index contributed by atoms with van der Waals surface area (Å²) in [6.07, 6.45) is -3.22. The van der Waals surface area contributed by atoms with Gasteiger partial charge in [0.15, 0.2) is 0 Å². The third-order valence-corrected chi connectivity index (χ3v) is 5.38. The average Bonchev–Trinajstić information content (AvgIpc) is 2.89. The van der Waals surface area contributed by atoms with E-state index in [1.54, 1.807) is 18.2 Å². The molecule has 150 valence electrons. The van der Waals surface area contributed by atoms with Crippen LogP contribution in [0.1, 0.15) is 11.1 Å². The summed E-state index contributed by atoms with van der Waals surface area (Å²) >= 11 is 6.15. The number of carbonyl (C=O) groups is 1. The van der Waals surface area contributed by atoms with Gasteiger partial charge in [0.25, 0.3) is 5.91 Å². The Hall–Kier alpha value is -2.92. The number of thiocarbonyl (C=S) groups is 1. The highest BCUT2D eigenvalue weighted by Crippen LogP contribution is 2.39. The molecule has 1 heterocycles. The van der Waals surface area contributed by atoms with E-state index in [2.05, 4.69) is 0 Å². The highest BCUT2D eigenvalue weighted by Gasteiger charge is 2.33. The molecule has 0 radical (unpaired) electrons. The summed E-state index contributed by atoms with van der Waals surface area (Å²) in [4.78, 5) is 24.1. The van der Waals surface area contributed by atoms with Crippen molar-refractivity contribution in [1.29, 1.82) is 0 Å². The Labute approximate surface area is 172 Å². The van der Waals surface area contributed by atoms with E-state index in [1.165, 1.54) is 24.1 Å². The molecule has 0 aliphatic carbocycles. The van der Waals surface area contributed by atoms with Crippen LogP contribution in [0, 0.1) is 10.1 Å². The lowest BCUT2D eigenvalue weighted by atomic mass is 10.1. The number of rotatable bonds is 4. The summed E-state index contributed by atoms with van der Waals surface area (Å²) in [7, 11) is 1.53. The molecule has 1 aliphatic heterocycles. The summed E-state index contributed by atoms with van der Waals surface area (Å²) < 4.78 is 44.5. The fourth-order valence-corrected chi connectivity index (χ4v) is 3.59. The maximum Gasteiger partial charge on any atom is 0.416 e. The van der Waals surface area contributed by atoms with Gasteiger partial charge in [-0.25, -0.2) is 0 Å². The van der Waals surface area contributed by atoms with Crippen LogP contribution in [0.4, 0.5) is 18.9 Å². The van der Waals surface area contributed by atoms with Gasteiger partial charge in [-0.05, 0) is 24.3 Å². The van der Waals surface area contributed by atoms with Crippen molar-refractivity contribution in [3.05, 3.63) is 68.6 Å². The van der Waals surface area contributed by atoms with Crippen molar-refractivity contribution < 1.29 is 27.6 Å². The molecule has 0 bridgehead atoms. The van der Waals surface area contributed by atoms with Gasteiger partial charge in [0, 0.05) is 18.7 Å². The Morgan fingerprint density at radius 3 is 2.48 bits per heavy atom. The van der Waals surface area contributed by atoms with Crippen molar-refractivity contribution in [2.45, 2.75) is 6.18 Å². The van der Waals surface area contributed by atoms with E-state index in [-0.39, 0.29) is 17.4 Å². The lowest BCUT2D eigenvalue weighted by molar-refractivity contribution is -0.385. The molecule has 6 nitrogen and oxygen atoms in total. The first-order valence-electron chi connectivity index (χ1n) is 7.92. The first-order chi connectivity index (χ1) is 13.6. The zero-order chi connectivity index (χ0) is 21.3. The molecule has 0 saturated carbocycles. The summed E-state index contributed by atoms with van der Waals surface area (Å²) in [5.74, 6) is -0.529. The molecule has 2 aromatic carbocycles. The number of nitro benzene ring substituents is 1. The van der Waals surface area contributed by atoms with E-state index < -0.39 is 22.4 Å². The van der Waals surface area contributed by atoms with Crippen LogP contribution >= 0.6 is 24.0 Å². The minimum Gasteiger partial charge on any atom is -0.449 e. The summed E-state index contributed by atoms with van der Waals surface area (Å²) in [6, 6.07) is 8.35. The Kier molecular flexibility index (Phi) is 5.62. The van der Waals surface area contributed by atoms with Gasteiger partial charge < -0.3 is 4.74 Å². The Bertz CT molecular complexity index is 1050. The molecule has 0 N–H and O–H groups in total. The quantitative estimate of drug-likeness (QED) is 0.280. The second-order valence-corrected chi connectivity index (χ2v) is 7.49. The van der Waals surface area contributed by atoms with Crippen molar-refractivity contribution in [3.63, 3.8) is 0 Å². The molecule has 0 aromatic heterocycles. The van der Waals surface area contributed by atoms with E-state index in [0.29, 0.717) is 26.9 Å². The number of nitrogens with zero attached hydrogens (tertiary/aromatic N) is 2. The molecule has 0 spiro atoms. The minimum absolute atomic E-state index is 0.136. The number of halogens is 3. The van der Waals surface area contributed by atoms with Crippen molar-refractivity contribution in [1.82, 2.24) is 4.90 Å². The Balaban J connectivity index is 2.00. The number of ether oxygens (including phenoxy) is 1. The summed E-state index contributed by atoms with van der Waals surface area (Å²) in [5.41, 5.74) is -1.57. The number of nitro groups is 1. The summed E-state index contributed by atoms with van der Waals surface area (Å²) in [6.45, 7) is 0. The van der Waals surface area contributed by atoms with Crippen molar-refractivity contribution in [2.24, 2.45) is 0 Å². The fraction of sp³-hybridized carbons (Fsp3) is 0.111. The number of alkyl halides is 3. The zero-order valence-electron chi connectivity index (χ0n) is 14.6. The van der Waals surface area contributed by atoms with Gasteiger partial charge in [-0.2, -0.15) is 13.2 Å². The van der Waals surface area contributed by atoms with Gasteiger partial charge in [-0.1, -0.05) is 42.2 Å². The number of thioether (sulfide) groups is 1. The largest absolute Gasteiger partial charge is 0.449 e. The van der Waals surface area contributed by atoms with E-state index in [9.17, 15) is 28.1 Å². The molecule has 1 aliphatic rings. The number of hydrogen-bond acceptors (Lipinski definition) is 6. The molecule has 0 unspecified atom stereocenters. The van der Waals surface area contributed by atoms with Gasteiger partial charge in [-0.15, -0.1) is 0 Å². The van der Waals surface area contributed by atoms with Crippen LogP contribution < -0.4 is 4.74 Å². The maximum absolute atomic E-state index is 12.9. The van der Waals surface area contributed by atoms with Gasteiger partial charge in [-0.3, -0.25) is 19.8 Å². The third kappa shape index (κ3) is 4.40. The fourth-order valence-electron chi connectivity index (χ4n) is 2.42. The molecule has 29 heavy (non-hydrogen) atoms. The second kappa shape index (κ2) is 7.84. The van der Waals surface area contributed by atoms with Crippen molar-refractivity contribution >= 4 is 46.0 Å². The SMILES string of the molecule is CN1C(=O)/C(=C\c2ccccc2Oc2ccc(C(F)(F)F)cc2[N+](=O)[O-])SC1=S. The van der Waals surface area contributed by atoms with Crippen LogP contribution in [-0.4, -0.2) is 27.1 Å². The molecule has 1 saturated heterocycles. The molecule has 2 aromatic rings. The standard InChI is InChI=1S/C18H11F3N2O4S2/c1-22-16(24)15(29-17(22)28)8-10-4-2-3-5-13(10)27-14-7-6-11(18(19,20)21)9-12(14)23(25)26/h2-9H,1H3/b15-8+. The molecule has 1 fully saturated rings. The highest BCUT2D eigenvalue weighted by atomic mass is 32.2. The highest BCUT2D eigenvalue weighted by molar-refractivity contribution is 8.26. The second-order valence-electron chi connectivity index (χ2n) is 5.82. The van der Waals surface area contributed by atoms with E-state index in [4.69, 9.17) is 17.0 Å². The molecule has 11 heteroatoms. The van der Waals surface area contributed by atoms with Gasteiger partial charge in [0.1, 0.15) is 10.1 Å². The van der Waals surface area contributed by atoms with Gasteiger partial charge in [0.2, 0.25) is 5.75 Å². The number of likely N-dealkylation sites (N-methyl/N-ethyl adjacent to an activating group) is 1. The normalized spacial score (nSPS) is 15.9. The van der Waals surface area contributed by atoms with Crippen LogP contribution in [0.15, 0.2) is 47.4 Å². The van der Waals surface area contributed by atoms with E-state index >= 15 is 0 Å². The number of carbonyl (C=O) groups excluding carboxylic acids is 1. The topological polar surface area (TPSA) is 72.7 Å². The first-order valence-corrected chi connectivity index (χ1v) is 9.14. The minimum atomic E-state index is -4.73. The van der Waals surface area contributed by atoms with Crippen LogP contribution in [0.25, 0.3) is 6.08 Å². The van der Waals surface area contributed by atoms with Gasteiger partial charge in [0.05, 0.1) is 15.4 Å². The van der Waals surface area contributed by atoms with E-state index in [1.807, 2.05) is 0 Å². The third-order valence-electron chi connectivity index (χ3n) is 3.90. The molecule has 3 rings (SSSR count). The lowest BCUT2D eigenvalue weighted by Crippen LogP contribution is -2.22. The van der Waals surface area contributed by atoms with Crippen molar-refractivity contribution in [3.8, 4) is 11.5 Å². The molecular formula is C18H11F3N2O4S2. The van der Waals surface area contributed by atoms with Crippen LogP contribution in [0.2, 0.25) is 0 Å². The van der Waals surface area contributed by atoms with Crippen LogP contribution in [-0.2, 0) is 11.0 Å². The Morgan fingerprint density at radius 2 is 1.90 bits per heavy atom. The average molecular weight is 440 g/mol. The monoisotopic (exact) mass is 440 g/mol. The molecule has 0 atom stereocenters. The predicted octanol–water partition coefficient (Wildman–Crippen LogP) is 5.24. The number of benzene rings is 2. The number of para-hydroxylation sites is 1. The first kappa shape index (κ1) is 20.8. The maximum atomic E-state index is 12.9. The number of hydrogen-bond donors (Lipinski definition) is 0. The van der Waals surface area contributed by atoms with Crippen LogP contribution in [0.5, 0.6) is 11.5 Å². The van der Waals surface area contributed by atoms with Gasteiger partial charge >= 0.3 is 11.9 Å². The summed E-state index contributed by atoms with van der Waals surface area (Å²) in [5, 5.41) is 11.2. The Morgan fingerprint density at radius 1 is 1.21 bits per heavy atom. The molecule has 1 amide bonds. The number of amides is 1. The predicted molar refractivity (Wildman–Crippen MR) is 106 cm³/mol. The molecular weight excluding hydrogens is 429 g/mol. The van der Waals surface area contributed by atoms with E-state index in [0.717, 1.165) is 17.8 Å².